The maximum absolute atomic E-state index is 14.8. The van der Waals surface area contributed by atoms with Gasteiger partial charge in [0.05, 0.1) is 6.67 Å². The van der Waals surface area contributed by atoms with E-state index in [9.17, 15) is 52.5 Å². The highest BCUT2D eigenvalue weighted by Gasteiger charge is 2.54. The molecular formula is C18H29F9O3S. The summed E-state index contributed by atoms with van der Waals surface area (Å²) in [4.78, 5) is 0. The molecule has 0 aromatic heterocycles. The molecule has 0 aromatic carbocycles. The van der Waals surface area contributed by atoms with Crippen LogP contribution in [0, 0.1) is 5.92 Å². The van der Waals surface area contributed by atoms with Gasteiger partial charge in [-0.1, -0.05) is 20.8 Å². The van der Waals surface area contributed by atoms with Gasteiger partial charge < -0.3 is 0 Å². The maximum atomic E-state index is 14.8. The summed E-state index contributed by atoms with van der Waals surface area (Å²) in [5, 5.41) is 0. The van der Waals surface area contributed by atoms with Crippen molar-refractivity contribution < 1.29 is 52.5 Å². The number of alkyl halides is 9. The molecule has 9 unspecified atom stereocenters. The highest BCUT2D eigenvalue weighted by atomic mass is 32.2. The summed E-state index contributed by atoms with van der Waals surface area (Å²) in [6.07, 6.45) is -30.1. The number of rotatable bonds is 15. The molecule has 0 heterocycles. The summed E-state index contributed by atoms with van der Waals surface area (Å²) >= 11 is 0. The SMILES string of the molecule is CCC(C(F)C(F)C(F)C(F)C(F)C(F)C(F)C(F)CCF)C(CC)(CC)S(=O)(=O)O. The summed E-state index contributed by atoms with van der Waals surface area (Å²) in [7, 11) is -5.00. The average Bonchev–Trinajstić information content (AvgIpc) is 2.72. The van der Waals surface area contributed by atoms with E-state index in [1.807, 2.05) is 0 Å². The monoisotopic (exact) mass is 496 g/mol. The first kappa shape index (κ1) is 30.3. The molecule has 188 valence electrons. The third-order valence-corrected chi connectivity index (χ3v) is 7.67. The molecule has 13 heteroatoms. The van der Waals surface area contributed by atoms with Crippen molar-refractivity contribution in [3.05, 3.63) is 0 Å². The van der Waals surface area contributed by atoms with Crippen LogP contribution in [0.3, 0.4) is 0 Å². The van der Waals surface area contributed by atoms with Crippen LogP contribution in [0.4, 0.5) is 39.5 Å². The Morgan fingerprint density at radius 1 is 0.710 bits per heavy atom. The third-order valence-electron chi connectivity index (χ3n) is 5.77. The number of hydrogen-bond acceptors (Lipinski definition) is 2. The Labute approximate surface area is 176 Å². The van der Waals surface area contributed by atoms with E-state index in [0.717, 1.165) is 0 Å². The van der Waals surface area contributed by atoms with E-state index >= 15 is 0 Å². The standard InChI is InChI=1S/C18H29F9O3S/c1-4-9(18(5-2,6-3)31(28,29)30)11(21)13(23)15(25)17(27)16(26)14(24)12(22)10(20)7-8-19/h9-17H,4-8H2,1-3H3,(H,28,29,30). The van der Waals surface area contributed by atoms with Gasteiger partial charge in [-0.25, -0.2) is 35.1 Å². The summed E-state index contributed by atoms with van der Waals surface area (Å²) < 4.78 is 154. The van der Waals surface area contributed by atoms with Crippen molar-refractivity contribution >= 4 is 10.1 Å². The normalized spacial score (nSPS) is 22.1. The fraction of sp³-hybridized carbons (Fsp3) is 1.00. The summed E-state index contributed by atoms with van der Waals surface area (Å²) in [6.45, 7) is 2.24. The van der Waals surface area contributed by atoms with Crippen molar-refractivity contribution in [1.82, 2.24) is 0 Å². The van der Waals surface area contributed by atoms with Gasteiger partial charge in [-0.2, -0.15) is 8.42 Å². The first-order chi connectivity index (χ1) is 14.2. The first-order valence-electron chi connectivity index (χ1n) is 9.83. The molecule has 0 bridgehead atoms. The van der Waals surface area contributed by atoms with Gasteiger partial charge in [0.2, 0.25) is 0 Å². The van der Waals surface area contributed by atoms with Gasteiger partial charge in [-0.05, 0) is 19.3 Å². The molecule has 31 heavy (non-hydrogen) atoms. The zero-order chi connectivity index (χ0) is 24.7. The van der Waals surface area contributed by atoms with Gasteiger partial charge in [0, 0.05) is 12.3 Å². The molecule has 9 atom stereocenters. The van der Waals surface area contributed by atoms with Crippen LogP contribution >= 0.6 is 0 Å². The molecule has 0 amide bonds. The van der Waals surface area contributed by atoms with Crippen LogP contribution in [0.2, 0.25) is 0 Å². The Morgan fingerprint density at radius 3 is 1.35 bits per heavy atom. The first-order valence-corrected chi connectivity index (χ1v) is 11.3. The molecule has 0 aliphatic heterocycles. The molecule has 0 aromatic rings. The summed E-state index contributed by atoms with van der Waals surface area (Å²) in [5.41, 5.74) is 0. The van der Waals surface area contributed by atoms with Crippen LogP contribution in [-0.2, 0) is 10.1 Å². The minimum atomic E-state index is -5.00. The highest BCUT2D eigenvalue weighted by molar-refractivity contribution is 7.87. The zero-order valence-electron chi connectivity index (χ0n) is 17.3. The molecule has 0 saturated heterocycles. The maximum Gasteiger partial charge on any atom is 0.271 e. The van der Waals surface area contributed by atoms with Crippen LogP contribution < -0.4 is 0 Å². The van der Waals surface area contributed by atoms with Crippen LogP contribution in [0.1, 0.15) is 46.5 Å². The Balaban J connectivity index is 5.65. The lowest BCUT2D eigenvalue weighted by Crippen LogP contribution is -2.53. The minimum Gasteiger partial charge on any atom is -0.285 e. The zero-order valence-corrected chi connectivity index (χ0v) is 18.1. The molecule has 0 fully saturated rings. The van der Waals surface area contributed by atoms with Crippen LogP contribution in [0.5, 0.6) is 0 Å². The van der Waals surface area contributed by atoms with Crippen LogP contribution in [-0.4, -0.2) is 73.8 Å². The second-order valence-corrected chi connectivity index (χ2v) is 9.13. The predicted molar refractivity (Wildman–Crippen MR) is 98.4 cm³/mol. The third kappa shape index (κ3) is 6.64. The van der Waals surface area contributed by atoms with E-state index in [0.29, 0.717) is 0 Å². The molecule has 0 rings (SSSR count). The van der Waals surface area contributed by atoms with E-state index in [-0.39, 0.29) is 0 Å². The lowest BCUT2D eigenvalue weighted by atomic mass is 9.79. The van der Waals surface area contributed by atoms with Crippen molar-refractivity contribution in [3.8, 4) is 0 Å². The molecular weight excluding hydrogens is 467 g/mol. The molecule has 1 N–H and O–H groups in total. The number of hydrogen-bond donors (Lipinski definition) is 1. The lowest BCUT2D eigenvalue weighted by molar-refractivity contribution is -0.0560. The van der Waals surface area contributed by atoms with Crippen molar-refractivity contribution in [1.29, 1.82) is 0 Å². The lowest BCUT2D eigenvalue weighted by Gasteiger charge is -2.39. The highest BCUT2D eigenvalue weighted by Crippen LogP contribution is 2.41. The van der Waals surface area contributed by atoms with Gasteiger partial charge in [-0.3, -0.25) is 8.94 Å². The average molecular weight is 496 g/mol. The second kappa shape index (κ2) is 12.5. The Hall–Kier alpha value is -0.720. The van der Waals surface area contributed by atoms with E-state index in [1.54, 1.807) is 0 Å². The van der Waals surface area contributed by atoms with Gasteiger partial charge >= 0.3 is 0 Å². The number of halogens is 9. The Kier molecular flexibility index (Phi) is 12.2. The molecule has 0 radical (unpaired) electrons. The topological polar surface area (TPSA) is 54.4 Å². The van der Waals surface area contributed by atoms with Crippen molar-refractivity contribution in [3.63, 3.8) is 0 Å². The second-order valence-electron chi connectivity index (χ2n) is 7.37. The van der Waals surface area contributed by atoms with Gasteiger partial charge in [0.15, 0.2) is 37.0 Å². The van der Waals surface area contributed by atoms with Crippen molar-refractivity contribution in [2.45, 2.75) is 101 Å². The molecule has 0 saturated carbocycles. The summed E-state index contributed by atoms with van der Waals surface area (Å²) in [6, 6.07) is 0. The van der Waals surface area contributed by atoms with Gasteiger partial charge in [0.25, 0.3) is 10.1 Å². The molecule has 0 aliphatic rings. The van der Waals surface area contributed by atoms with Gasteiger partial charge in [0.1, 0.15) is 17.1 Å². The minimum absolute atomic E-state index is 0.418. The smallest absolute Gasteiger partial charge is 0.271 e. The Bertz CT molecular complexity index is 620. The largest absolute Gasteiger partial charge is 0.285 e. The molecule has 0 spiro atoms. The quantitative estimate of drug-likeness (QED) is 0.240. The Morgan fingerprint density at radius 2 is 1.06 bits per heavy atom. The fourth-order valence-electron chi connectivity index (χ4n) is 3.78. The van der Waals surface area contributed by atoms with Crippen molar-refractivity contribution in [2.24, 2.45) is 5.92 Å². The molecule has 3 nitrogen and oxygen atoms in total. The fourth-order valence-corrected chi connectivity index (χ4v) is 5.19. The van der Waals surface area contributed by atoms with Crippen LogP contribution in [0.15, 0.2) is 0 Å². The van der Waals surface area contributed by atoms with Crippen molar-refractivity contribution in [2.75, 3.05) is 6.67 Å². The van der Waals surface area contributed by atoms with E-state index in [1.165, 1.54) is 20.8 Å². The van der Waals surface area contributed by atoms with Gasteiger partial charge in [-0.15, -0.1) is 0 Å². The predicted octanol–water partition coefficient (Wildman–Crippen LogP) is 5.52. The molecule has 0 aliphatic carbocycles. The summed E-state index contributed by atoms with van der Waals surface area (Å²) in [5.74, 6) is -1.88. The van der Waals surface area contributed by atoms with E-state index < -0.39 is 103 Å². The van der Waals surface area contributed by atoms with E-state index in [4.69, 9.17) is 0 Å². The van der Waals surface area contributed by atoms with E-state index in [2.05, 4.69) is 0 Å². The van der Waals surface area contributed by atoms with Crippen LogP contribution in [0.25, 0.3) is 0 Å².